The largest absolute Gasteiger partial charge is 0.497 e. The lowest BCUT2D eigenvalue weighted by molar-refractivity contribution is 0.397. The summed E-state index contributed by atoms with van der Waals surface area (Å²) in [6, 6.07) is 9.63. The molecular formula is C14H17NO2S. The molecule has 2 N–H and O–H groups in total. The van der Waals surface area contributed by atoms with Crippen molar-refractivity contribution in [1.82, 2.24) is 0 Å². The molecule has 0 aliphatic rings. The van der Waals surface area contributed by atoms with E-state index in [0.717, 1.165) is 21.9 Å². The molecule has 0 spiro atoms. The first-order valence-electron chi connectivity index (χ1n) is 5.69. The minimum absolute atomic E-state index is 0.186. The molecule has 0 amide bonds. The van der Waals surface area contributed by atoms with Crippen LogP contribution in [0.5, 0.6) is 11.5 Å². The summed E-state index contributed by atoms with van der Waals surface area (Å²) in [5.41, 5.74) is 7.25. The normalized spacial score (nSPS) is 12.2. The number of nitrogens with two attached hydrogens (primary N) is 1. The zero-order valence-corrected chi connectivity index (χ0v) is 11.6. The molecule has 3 nitrogen and oxygen atoms in total. The highest BCUT2D eigenvalue weighted by molar-refractivity contribution is 7.12. The van der Waals surface area contributed by atoms with Gasteiger partial charge in [-0.1, -0.05) is 0 Å². The van der Waals surface area contributed by atoms with Gasteiger partial charge in [-0.2, -0.15) is 0 Å². The third kappa shape index (κ3) is 2.49. The molecule has 0 saturated heterocycles. The highest BCUT2D eigenvalue weighted by atomic mass is 32.1. The Hall–Kier alpha value is -1.52. The molecule has 1 heterocycles. The molecule has 0 radical (unpaired) electrons. The van der Waals surface area contributed by atoms with Crippen LogP contribution in [0, 0.1) is 6.92 Å². The van der Waals surface area contributed by atoms with Crippen molar-refractivity contribution in [2.24, 2.45) is 5.73 Å². The van der Waals surface area contributed by atoms with E-state index >= 15 is 0 Å². The lowest BCUT2D eigenvalue weighted by Crippen LogP contribution is -2.11. The molecule has 0 bridgehead atoms. The molecule has 18 heavy (non-hydrogen) atoms. The van der Waals surface area contributed by atoms with Gasteiger partial charge in [-0.3, -0.25) is 0 Å². The third-order valence-electron chi connectivity index (χ3n) is 2.84. The zero-order valence-electron chi connectivity index (χ0n) is 10.8. The van der Waals surface area contributed by atoms with Gasteiger partial charge in [-0.15, -0.1) is 11.3 Å². The van der Waals surface area contributed by atoms with Gasteiger partial charge in [0.15, 0.2) is 0 Å². The Balaban J connectivity index is 2.41. The second-order valence-electron chi connectivity index (χ2n) is 4.03. The number of thiophene rings is 1. The molecule has 1 aromatic heterocycles. The summed E-state index contributed by atoms with van der Waals surface area (Å²) >= 11 is 1.70. The van der Waals surface area contributed by atoms with E-state index in [0.29, 0.717) is 0 Å². The van der Waals surface area contributed by atoms with Gasteiger partial charge in [-0.25, -0.2) is 0 Å². The monoisotopic (exact) mass is 263 g/mol. The number of benzene rings is 1. The van der Waals surface area contributed by atoms with Gasteiger partial charge in [-0.05, 0) is 37.3 Å². The van der Waals surface area contributed by atoms with Crippen LogP contribution in [-0.4, -0.2) is 14.2 Å². The van der Waals surface area contributed by atoms with E-state index in [-0.39, 0.29) is 6.04 Å². The van der Waals surface area contributed by atoms with E-state index in [4.69, 9.17) is 15.2 Å². The lowest BCUT2D eigenvalue weighted by Gasteiger charge is -2.15. The fourth-order valence-corrected chi connectivity index (χ4v) is 2.75. The van der Waals surface area contributed by atoms with Crippen molar-refractivity contribution < 1.29 is 9.47 Å². The number of methoxy groups -OCH3 is 2. The summed E-state index contributed by atoms with van der Waals surface area (Å²) in [6.07, 6.45) is 0. The van der Waals surface area contributed by atoms with Gasteiger partial charge in [0.05, 0.1) is 20.3 Å². The molecule has 4 heteroatoms. The van der Waals surface area contributed by atoms with Crippen LogP contribution >= 0.6 is 11.3 Å². The van der Waals surface area contributed by atoms with Crippen molar-refractivity contribution in [1.29, 1.82) is 0 Å². The van der Waals surface area contributed by atoms with Crippen LogP contribution < -0.4 is 15.2 Å². The predicted octanol–water partition coefficient (Wildman–Crippen LogP) is 3.12. The predicted molar refractivity (Wildman–Crippen MR) is 74.6 cm³/mol. The Kier molecular flexibility index (Phi) is 3.89. The number of aryl methyl sites for hydroxylation is 1. The molecule has 0 aliphatic carbocycles. The Morgan fingerprint density at radius 2 is 1.89 bits per heavy atom. The summed E-state index contributed by atoms with van der Waals surface area (Å²) in [7, 11) is 3.30. The first-order valence-corrected chi connectivity index (χ1v) is 6.51. The van der Waals surface area contributed by atoms with E-state index < -0.39 is 0 Å². The smallest absolute Gasteiger partial charge is 0.124 e. The second kappa shape index (κ2) is 5.42. The summed E-state index contributed by atoms with van der Waals surface area (Å²) in [5.74, 6) is 1.57. The quantitative estimate of drug-likeness (QED) is 0.921. The van der Waals surface area contributed by atoms with Crippen molar-refractivity contribution in [3.05, 3.63) is 45.6 Å². The highest BCUT2D eigenvalue weighted by Gasteiger charge is 2.16. The van der Waals surface area contributed by atoms with Crippen LogP contribution in [0.25, 0.3) is 0 Å². The van der Waals surface area contributed by atoms with Crippen LogP contribution in [0.3, 0.4) is 0 Å². The zero-order chi connectivity index (χ0) is 13.1. The van der Waals surface area contributed by atoms with E-state index in [9.17, 15) is 0 Å². The van der Waals surface area contributed by atoms with Gasteiger partial charge >= 0.3 is 0 Å². The average molecular weight is 263 g/mol. The van der Waals surface area contributed by atoms with E-state index in [1.165, 1.54) is 4.88 Å². The van der Waals surface area contributed by atoms with Crippen molar-refractivity contribution in [3.8, 4) is 11.5 Å². The molecule has 1 aromatic carbocycles. The molecular weight excluding hydrogens is 246 g/mol. The van der Waals surface area contributed by atoms with E-state index in [1.807, 2.05) is 18.2 Å². The van der Waals surface area contributed by atoms with Crippen LogP contribution in [0.2, 0.25) is 0 Å². The Morgan fingerprint density at radius 1 is 1.11 bits per heavy atom. The maximum absolute atomic E-state index is 6.30. The third-order valence-corrected chi connectivity index (χ3v) is 3.92. The van der Waals surface area contributed by atoms with E-state index in [1.54, 1.807) is 25.6 Å². The Bertz CT molecular complexity index is 536. The molecule has 0 aliphatic heterocycles. The SMILES string of the molecule is COc1ccc(OC)c(C(N)c2ccc(C)s2)c1. The summed E-state index contributed by atoms with van der Waals surface area (Å²) in [4.78, 5) is 2.38. The fraction of sp³-hybridized carbons (Fsp3) is 0.286. The first kappa shape index (κ1) is 12.9. The summed E-state index contributed by atoms with van der Waals surface area (Å²) in [6.45, 7) is 2.07. The van der Waals surface area contributed by atoms with Gasteiger partial charge in [0, 0.05) is 15.3 Å². The molecule has 1 atom stereocenters. The Labute approximate surface area is 111 Å². The number of hydrogen-bond acceptors (Lipinski definition) is 4. The standard InChI is InChI=1S/C14H17NO2S/c1-9-4-7-13(18-9)14(15)11-8-10(16-2)5-6-12(11)17-3/h4-8,14H,15H2,1-3H3. The number of hydrogen-bond donors (Lipinski definition) is 1. The van der Waals surface area contributed by atoms with Crippen molar-refractivity contribution in [2.45, 2.75) is 13.0 Å². The van der Waals surface area contributed by atoms with Crippen molar-refractivity contribution in [3.63, 3.8) is 0 Å². The molecule has 1 unspecified atom stereocenters. The highest BCUT2D eigenvalue weighted by Crippen LogP contribution is 2.34. The van der Waals surface area contributed by atoms with Gasteiger partial charge in [0.1, 0.15) is 11.5 Å². The van der Waals surface area contributed by atoms with Gasteiger partial charge in [0.2, 0.25) is 0 Å². The Morgan fingerprint density at radius 3 is 2.44 bits per heavy atom. The molecule has 2 rings (SSSR count). The first-order chi connectivity index (χ1) is 8.65. The lowest BCUT2D eigenvalue weighted by atomic mass is 10.0. The number of ether oxygens (including phenoxy) is 2. The maximum atomic E-state index is 6.30. The van der Waals surface area contributed by atoms with Crippen LogP contribution in [-0.2, 0) is 0 Å². The minimum Gasteiger partial charge on any atom is -0.497 e. The van der Waals surface area contributed by atoms with E-state index in [2.05, 4.69) is 19.1 Å². The molecule has 96 valence electrons. The molecule has 0 saturated carbocycles. The maximum Gasteiger partial charge on any atom is 0.124 e. The van der Waals surface area contributed by atoms with Gasteiger partial charge in [0.25, 0.3) is 0 Å². The van der Waals surface area contributed by atoms with Gasteiger partial charge < -0.3 is 15.2 Å². The minimum atomic E-state index is -0.186. The van der Waals surface area contributed by atoms with Crippen LogP contribution in [0.4, 0.5) is 0 Å². The number of rotatable bonds is 4. The van der Waals surface area contributed by atoms with Crippen LogP contribution in [0.1, 0.15) is 21.4 Å². The average Bonchev–Trinajstić information content (AvgIpc) is 2.83. The van der Waals surface area contributed by atoms with Crippen molar-refractivity contribution >= 4 is 11.3 Å². The topological polar surface area (TPSA) is 44.5 Å². The summed E-state index contributed by atoms with van der Waals surface area (Å²) in [5, 5.41) is 0. The van der Waals surface area contributed by atoms with Crippen molar-refractivity contribution in [2.75, 3.05) is 14.2 Å². The molecule has 0 fully saturated rings. The second-order valence-corrected chi connectivity index (χ2v) is 5.35. The summed E-state index contributed by atoms with van der Waals surface area (Å²) < 4.78 is 10.6. The van der Waals surface area contributed by atoms with Crippen LogP contribution in [0.15, 0.2) is 30.3 Å². The fourth-order valence-electron chi connectivity index (χ4n) is 1.86. The molecule has 2 aromatic rings.